The topological polar surface area (TPSA) is 46.5 Å². The highest BCUT2D eigenvalue weighted by molar-refractivity contribution is 6.73. The quantitative estimate of drug-likeness (QED) is 0.293. The molecule has 0 aromatic heterocycles. The zero-order chi connectivity index (χ0) is 20.6. The molecular weight excluding hydrogens is 340 g/mol. The van der Waals surface area contributed by atoms with E-state index in [1.54, 1.807) is 0 Å². The zero-order valence-corrected chi connectivity index (χ0v) is 19.2. The molecule has 150 valence electrons. The van der Waals surface area contributed by atoms with E-state index >= 15 is 0 Å². The van der Waals surface area contributed by atoms with Gasteiger partial charge in [0.15, 0.2) is 8.32 Å². The smallest absolute Gasteiger partial charge is 0.194 e. The molecule has 0 bridgehead atoms. The van der Waals surface area contributed by atoms with Crippen LogP contribution in [0.1, 0.15) is 74.7 Å². The number of carbonyl (C=O) groups excluding carboxylic acids is 1. The minimum atomic E-state index is -1.77. The highest BCUT2D eigenvalue weighted by Crippen LogP contribution is 2.30. The lowest BCUT2D eigenvalue weighted by Gasteiger charge is -2.37. The molecule has 0 aliphatic carbocycles. The molecule has 4 heteroatoms. The third-order valence-corrected chi connectivity index (χ3v) is 10.3. The number of carbonyl (C=O) groups is 1. The van der Waals surface area contributed by atoms with Crippen molar-refractivity contribution in [2.75, 3.05) is 0 Å². The third-order valence-electron chi connectivity index (χ3n) is 5.51. The first-order valence-electron chi connectivity index (χ1n) is 9.94. The van der Waals surface area contributed by atoms with E-state index in [1.807, 2.05) is 40.7 Å². The normalized spacial score (nSPS) is 16.7. The largest absolute Gasteiger partial charge is 0.401 e. The number of aliphatic hydroxyl groups excluding tert-OH is 1. The summed E-state index contributed by atoms with van der Waals surface area (Å²) in [6.07, 6.45) is 8.68. The molecule has 0 saturated carbocycles. The summed E-state index contributed by atoms with van der Waals surface area (Å²) in [5, 5.41) is 10.3. The van der Waals surface area contributed by atoms with E-state index in [0.717, 1.165) is 36.5 Å². The molecule has 2 unspecified atom stereocenters. The SMILES string of the molecule is C#CC(C)(CC/C=C(\C)C(O)CC(=O)C(C)(C)C)O[Si](CC)(CC)CC. The summed E-state index contributed by atoms with van der Waals surface area (Å²) in [7, 11) is -1.77. The molecule has 0 aromatic rings. The van der Waals surface area contributed by atoms with Crippen LogP contribution in [0.15, 0.2) is 11.6 Å². The molecule has 0 heterocycles. The standard InChI is InChI=1S/C22H40O3Si/c1-10-22(9,25-26(11-2,12-3)13-4)16-14-15-18(5)19(23)17-20(24)21(6,7)8/h1,15,19,23H,11-14,16-17H2,2-9H3/b18-15+. The molecular formula is C22H40O3Si. The average molecular weight is 381 g/mol. The van der Waals surface area contributed by atoms with E-state index in [2.05, 4.69) is 26.7 Å². The van der Waals surface area contributed by atoms with Crippen molar-refractivity contribution in [1.82, 2.24) is 0 Å². The molecule has 0 aromatic carbocycles. The fourth-order valence-electron chi connectivity index (χ4n) is 2.95. The Balaban J connectivity index is 4.90. The summed E-state index contributed by atoms with van der Waals surface area (Å²) in [6, 6.07) is 3.21. The van der Waals surface area contributed by atoms with Gasteiger partial charge >= 0.3 is 0 Å². The van der Waals surface area contributed by atoms with Gasteiger partial charge in [-0.15, -0.1) is 6.42 Å². The highest BCUT2D eigenvalue weighted by Gasteiger charge is 2.36. The lowest BCUT2D eigenvalue weighted by atomic mass is 9.86. The molecule has 0 rings (SSSR count). The molecule has 0 amide bonds. The van der Waals surface area contributed by atoms with Crippen LogP contribution >= 0.6 is 0 Å². The molecule has 0 aliphatic rings. The molecule has 1 N–H and O–H groups in total. The van der Waals surface area contributed by atoms with Crippen molar-refractivity contribution < 1.29 is 14.3 Å². The lowest BCUT2D eigenvalue weighted by Crippen LogP contribution is -2.45. The Bertz CT molecular complexity index is 512. The third kappa shape index (κ3) is 7.78. The number of hydrogen-bond acceptors (Lipinski definition) is 3. The summed E-state index contributed by atoms with van der Waals surface area (Å²) in [4.78, 5) is 12.1. The second kappa shape index (κ2) is 10.4. The van der Waals surface area contributed by atoms with Crippen molar-refractivity contribution in [3.63, 3.8) is 0 Å². The maximum atomic E-state index is 12.1. The van der Waals surface area contributed by atoms with Gasteiger partial charge < -0.3 is 9.53 Å². The number of terminal acetylenes is 1. The van der Waals surface area contributed by atoms with Gasteiger partial charge in [-0.2, -0.15) is 0 Å². The number of aliphatic hydroxyl groups is 1. The fourth-order valence-corrected chi connectivity index (χ4v) is 6.00. The van der Waals surface area contributed by atoms with E-state index in [4.69, 9.17) is 10.8 Å². The first-order chi connectivity index (χ1) is 11.9. The maximum absolute atomic E-state index is 12.1. The highest BCUT2D eigenvalue weighted by atomic mass is 28.4. The van der Waals surface area contributed by atoms with Gasteiger partial charge in [0.2, 0.25) is 0 Å². The van der Waals surface area contributed by atoms with Crippen LogP contribution in [0.4, 0.5) is 0 Å². The molecule has 0 aliphatic heterocycles. The van der Waals surface area contributed by atoms with E-state index in [-0.39, 0.29) is 12.2 Å². The fraction of sp³-hybridized carbons (Fsp3) is 0.773. The average Bonchev–Trinajstić information content (AvgIpc) is 2.58. The summed E-state index contributed by atoms with van der Waals surface area (Å²) in [6.45, 7) is 16.1. The Morgan fingerprint density at radius 3 is 2.08 bits per heavy atom. The van der Waals surface area contributed by atoms with Gasteiger partial charge in [0.1, 0.15) is 11.4 Å². The first kappa shape index (κ1) is 25.1. The molecule has 3 nitrogen and oxygen atoms in total. The lowest BCUT2D eigenvalue weighted by molar-refractivity contribution is -0.127. The van der Waals surface area contributed by atoms with Gasteiger partial charge in [-0.3, -0.25) is 4.79 Å². The van der Waals surface area contributed by atoms with Crippen LogP contribution in [-0.2, 0) is 9.22 Å². The summed E-state index contributed by atoms with van der Waals surface area (Å²) >= 11 is 0. The Kier molecular flexibility index (Phi) is 10.1. The van der Waals surface area contributed by atoms with Crippen molar-refractivity contribution in [2.45, 2.75) is 104 Å². The van der Waals surface area contributed by atoms with E-state index in [9.17, 15) is 9.90 Å². The summed E-state index contributed by atoms with van der Waals surface area (Å²) in [5.41, 5.74) is -0.171. The second-order valence-electron chi connectivity index (χ2n) is 8.60. The van der Waals surface area contributed by atoms with Gasteiger partial charge in [-0.1, -0.05) is 53.5 Å². The predicted octanol–water partition coefficient (Wildman–Crippen LogP) is 5.49. The first-order valence-corrected chi connectivity index (χ1v) is 12.5. The van der Waals surface area contributed by atoms with Crippen molar-refractivity contribution in [2.24, 2.45) is 5.41 Å². The van der Waals surface area contributed by atoms with E-state index < -0.39 is 25.4 Å². The van der Waals surface area contributed by atoms with Gasteiger partial charge in [0.25, 0.3) is 0 Å². The molecule has 0 fully saturated rings. The Labute approximate surface area is 162 Å². The van der Waals surface area contributed by atoms with Crippen LogP contribution < -0.4 is 0 Å². The van der Waals surface area contributed by atoms with E-state index in [1.165, 1.54) is 0 Å². The van der Waals surface area contributed by atoms with Crippen LogP contribution in [0.3, 0.4) is 0 Å². The molecule has 0 saturated heterocycles. The minimum absolute atomic E-state index is 0.0687. The van der Waals surface area contributed by atoms with Crippen LogP contribution in [0.5, 0.6) is 0 Å². The zero-order valence-electron chi connectivity index (χ0n) is 18.2. The number of ketones is 1. The minimum Gasteiger partial charge on any atom is -0.401 e. The monoisotopic (exact) mass is 380 g/mol. The van der Waals surface area contributed by atoms with Crippen molar-refractivity contribution in [3.05, 3.63) is 11.6 Å². The Morgan fingerprint density at radius 2 is 1.69 bits per heavy atom. The van der Waals surface area contributed by atoms with Crippen molar-refractivity contribution >= 4 is 14.1 Å². The van der Waals surface area contributed by atoms with Crippen molar-refractivity contribution in [3.8, 4) is 12.3 Å². The Morgan fingerprint density at radius 1 is 1.19 bits per heavy atom. The number of hydrogen-bond donors (Lipinski definition) is 1. The number of rotatable bonds is 11. The number of Topliss-reactive ketones (excluding diaryl/α,β-unsaturated/α-hetero) is 1. The summed E-state index contributed by atoms with van der Waals surface area (Å²) < 4.78 is 6.53. The molecule has 2 atom stereocenters. The van der Waals surface area contributed by atoms with Gasteiger partial charge in [0, 0.05) is 11.8 Å². The van der Waals surface area contributed by atoms with Crippen LogP contribution in [0.2, 0.25) is 18.1 Å². The van der Waals surface area contributed by atoms with Crippen LogP contribution in [-0.4, -0.2) is 30.9 Å². The van der Waals surface area contributed by atoms with Crippen molar-refractivity contribution in [1.29, 1.82) is 0 Å². The predicted molar refractivity (Wildman–Crippen MR) is 114 cm³/mol. The van der Waals surface area contributed by atoms with E-state index in [0.29, 0.717) is 0 Å². The van der Waals surface area contributed by atoms with Gasteiger partial charge in [-0.25, -0.2) is 0 Å². The molecule has 0 radical (unpaired) electrons. The maximum Gasteiger partial charge on any atom is 0.194 e. The van der Waals surface area contributed by atoms with Crippen LogP contribution in [0.25, 0.3) is 0 Å². The number of allylic oxidation sites excluding steroid dienone is 1. The second-order valence-corrected chi connectivity index (χ2v) is 13.3. The molecule has 0 spiro atoms. The molecule has 26 heavy (non-hydrogen) atoms. The van der Waals surface area contributed by atoms with Gasteiger partial charge in [-0.05, 0) is 50.4 Å². The van der Waals surface area contributed by atoms with Crippen LogP contribution in [0, 0.1) is 17.8 Å². The summed E-state index contributed by atoms with van der Waals surface area (Å²) in [5.74, 6) is 2.93. The Hall–Kier alpha value is -0.893. The van der Waals surface area contributed by atoms with Gasteiger partial charge in [0.05, 0.1) is 6.10 Å².